The molecule has 48 valence electrons. The smallest absolute Gasteiger partial charge is 0.173 e. The van der Waals surface area contributed by atoms with Crippen molar-refractivity contribution in [2.75, 3.05) is 3.94 Å². The number of hydrogen-bond donors (Lipinski definition) is 0. The molecule has 0 aliphatic heterocycles. The number of hydrogen-bond acceptors (Lipinski definition) is 3. The van der Waals surface area contributed by atoms with Gasteiger partial charge in [-0.2, -0.15) is 9.04 Å². The summed E-state index contributed by atoms with van der Waals surface area (Å²) in [4.78, 5) is 0. The highest BCUT2D eigenvalue weighted by molar-refractivity contribution is 6.49. The minimum Gasteiger partial charge on any atom is -0.173 e. The van der Waals surface area contributed by atoms with Crippen LogP contribution in [-0.4, -0.2) is 10.2 Å². The first-order valence-electron chi connectivity index (χ1n) is 2.20. The molecular formula is C4H3Cl2N3. The van der Waals surface area contributed by atoms with Crippen molar-refractivity contribution in [2.24, 2.45) is 0 Å². The molecule has 0 aliphatic carbocycles. The molecule has 0 saturated heterocycles. The summed E-state index contributed by atoms with van der Waals surface area (Å²) in [7, 11) is 0. The molecule has 5 heteroatoms. The Morgan fingerprint density at radius 1 is 1.44 bits per heavy atom. The molecule has 0 spiro atoms. The lowest BCUT2D eigenvalue weighted by atomic mass is 10.6. The van der Waals surface area contributed by atoms with E-state index < -0.39 is 0 Å². The summed E-state index contributed by atoms with van der Waals surface area (Å²) in [6, 6.07) is 3.34. The highest BCUT2D eigenvalue weighted by Gasteiger charge is 1.96. The van der Waals surface area contributed by atoms with E-state index in [2.05, 4.69) is 10.2 Å². The molecule has 0 aromatic carbocycles. The number of halogens is 2. The van der Waals surface area contributed by atoms with Crippen LogP contribution in [-0.2, 0) is 0 Å². The largest absolute Gasteiger partial charge is 0.181 e. The van der Waals surface area contributed by atoms with Crippen molar-refractivity contribution in [2.45, 2.75) is 0 Å². The van der Waals surface area contributed by atoms with Crippen molar-refractivity contribution in [1.29, 1.82) is 0 Å². The van der Waals surface area contributed by atoms with Gasteiger partial charge < -0.3 is 0 Å². The van der Waals surface area contributed by atoms with E-state index in [1.807, 2.05) is 0 Å². The minimum absolute atomic E-state index is 0.417. The van der Waals surface area contributed by atoms with Crippen LogP contribution in [0.5, 0.6) is 0 Å². The van der Waals surface area contributed by atoms with Gasteiger partial charge in [0, 0.05) is 29.8 Å². The maximum absolute atomic E-state index is 5.30. The average Bonchev–Trinajstić information content (AvgIpc) is 1.90. The van der Waals surface area contributed by atoms with E-state index in [9.17, 15) is 0 Å². The van der Waals surface area contributed by atoms with Crippen LogP contribution in [0.3, 0.4) is 0 Å². The number of rotatable bonds is 1. The van der Waals surface area contributed by atoms with Crippen molar-refractivity contribution < 1.29 is 0 Å². The van der Waals surface area contributed by atoms with E-state index in [4.69, 9.17) is 23.6 Å². The molecule has 0 unspecified atom stereocenters. The maximum atomic E-state index is 5.30. The lowest BCUT2D eigenvalue weighted by Gasteiger charge is -1.99. The summed E-state index contributed by atoms with van der Waals surface area (Å²) in [6.45, 7) is 0. The van der Waals surface area contributed by atoms with Crippen LogP contribution in [0.4, 0.5) is 5.82 Å². The minimum atomic E-state index is 0.417. The summed E-state index contributed by atoms with van der Waals surface area (Å²) in [5.74, 6) is 0.417. The van der Waals surface area contributed by atoms with Gasteiger partial charge in [-0.15, -0.1) is 5.10 Å². The van der Waals surface area contributed by atoms with Crippen LogP contribution in [0, 0.1) is 0 Å². The third-order valence-corrected chi connectivity index (χ3v) is 1.08. The fourth-order valence-corrected chi connectivity index (χ4v) is 0.564. The van der Waals surface area contributed by atoms with Crippen molar-refractivity contribution in [3.63, 3.8) is 0 Å². The molecule has 0 bridgehead atoms. The fourth-order valence-electron chi connectivity index (χ4n) is 0.384. The average molecular weight is 164 g/mol. The monoisotopic (exact) mass is 163 g/mol. The molecule has 0 atom stereocenters. The molecule has 0 amide bonds. The molecule has 0 aliphatic rings. The predicted molar refractivity (Wildman–Crippen MR) is 36.2 cm³/mol. The predicted octanol–water partition coefficient (Wildman–Crippen LogP) is 1.59. The zero-order valence-corrected chi connectivity index (χ0v) is 5.84. The van der Waals surface area contributed by atoms with Gasteiger partial charge in [-0.1, -0.05) is 0 Å². The van der Waals surface area contributed by atoms with Gasteiger partial charge in [-0.05, 0) is 12.1 Å². The first kappa shape index (κ1) is 6.58. The molecule has 0 fully saturated rings. The van der Waals surface area contributed by atoms with E-state index in [0.29, 0.717) is 5.82 Å². The molecule has 3 nitrogen and oxygen atoms in total. The Balaban J connectivity index is 2.85. The van der Waals surface area contributed by atoms with Crippen LogP contribution in [0.1, 0.15) is 0 Å². The van der Waals surface area contributed by atoms with Crippen molar-refractivity contribution >= 4 is 29.4 Å². The molecule has 0 radical (unpaired) electrons. The molecule has 1 rings (SSSR count). The summed E-state index contributed by atoms with van der Waals surface area (Å²) >= 11 is 10.6. The van der Waals surface area contributed by atoms with E-state index >= 15 is 0 Å². The molecule has 0 saturated carbocycles. The van der Waals surface area contributed by atoms with Gasteiger partial charge in [0.15, 0.2) is 5.82 Å². The van der Waals surface area contributed by atoms with E-state index in [0.717, 1.165) is 3.94 Å². The first-order valence-corrected chi connectivity index (χ1v) is 2.87. The summed E-state index contributed by atoms with van der Waals surface area (Å²) < 4.78 is 0.854. The zero-order chi connectivity index (χ0) is 6.69. The van der Waals surface area contributed by atoms with Crippen LogP contribution in [0.15, 0.2) is 18.3 Å². The number of aromatic nitrogens is 2. The van der Waals surface area contributed by atoms with Crippen molar-refractivity contribution in [1.82, 2.24) is 10.2 Å². The maximum Gasteiger partial charge on any atom is 0.181 e. The second-order valence-corrected chi connectivity index (χ2v) is 2.16. The van der Waals surface area contributed by atoms with Gasteiger partial charge in [0.2, 0.25) is 0 Å². The molecule has 1 aromatic rings. The Morgan fingerprint density at radius 3 is 2.56 bits per heavy atom. The van der Waals surface area contributed by atoms with E-state index in [1.165, 1.54) is 0 Å². The fraction of sp³-hybridized carbons (Fsp3) is 0. The highest BCUT2D eigenvalue weighted by atomic mass is 35.5. The van der Waals surface area contributed by atoms with E-state index in [1.54, 1.807) is 18.3 Å². The zero-order valence-electron chi connectivity index (χ0n) is 4.33. The van der Waals surface area contributed by atoms with Gasteiger partial charge >= 0.3 is 0 Å². The molecule has 0 N–H and O–H groups in total. The normalized spacial score (nSPS) is 9.11. The standard InChI is InChI=1S/C4H3Cl2N3/c5-9(6)4-2-1-3-7-8-4/h1-3H. The third kappa shape index (κ3) is 1.69. The topological polar surface area (TPSA) is 29.0 Å². The Kier molecular flexibility index (Phi) is 2.08. The number of nitrogens with zero attached hydrogens (tertiary/aromatic N) is 3. The third-order valence-electron chi connectivity index (χ3n) is 0.731. The Labute approximate surface area is 62.4 Å². The Bertz CT molecular complexity index is 176. The van der Waals surface area contributed by atoms with Crippen LogP contribution < -0.4 is 3.94 Å². The summed E-state index contributed by atoms with van der Waals surface area (Å²) in [6.07, 6.45) is 1.54. The van der Waals surface area contributed by atoms with Crippen molar-refractivity contribution in [3.05, 3.63) is 18.3 Å². The quantitative estimate of drug-likeness (QED) is 0.590. The molecule has 1 heterocycles. The van der Waals surface area contributed by atoms with Gasteiger partial charge in [0.05, 0.1) is 0 Å². The Morgan fingerprint density at radius 2 is 2.22 bits per heavy atom. The Hall–Kier alpha value is -0.540. The van der Waals surface area contributed by atoms with Crippen LogP contribution >= 0.6 is 23.6 Å². The highest BCUT2D eigenvalue weighted by Crippen LogP contribution is 2.12. The molecular weight excluding hydrogens is 161 g/mol. The SMILES string of the molecule is ClN(Cl)c1cccnn1. The van der Waals surface area contributed by atoms with Crippen LogP contribution in [0.2, 0.25) is 0 Å². The molecule has 9 heavy (non-hydrogen) atoms. The lowest BCUT2D eigenvalue weighted by Crippen LogP contribution is -1.95. The van der Waals surface area contributed by atoms with Crippen molar-refractivity contribution in [3.8, 4) is 0 Å². The molecule has 1 aromatic heterocycles. The van der Waals surface area contributed by atoms with Gasteiger partial charge in [0.1, 0.15) is 0 Å². The number of anilines is 1. The second-order valence-electron chi connectivity index (χ2n) is 1.31. The van der Waals surface area contributed by atoms with E-state index in [-0.39, 0.29) is 0 Å². The summed E-state index contributed by atoms with van der Waals surface area (Å²) in [5.41, 5.74) is 0. The van der Waals surface area contributed by atoms with Crippen LogP contribution in [0.25, 0.3) is 0 Å². The van der Waals surface area contributed by atoms with Gasteiger partial charge in [0.25, 0.3) is 0 Å². The van der Waals surface area contributed by atoms with Gasteiger partial charge in [-0.25, -0.2) is 0 Å². The first-order chi connectivity index (χ1) is 4.30. The second kappa shape index (κ2) is 2.85. The lowest BCUT2D eigenvalue weighted by molar-refractivity contribution is 1.03. The summed E-state index contributed by atoms with van der Waals surface area (Å²) in [5, 5.41) is 7.14. The van der Waals surface area contributed by atoms with Gasteiger partial charge in [-0.3, -0.25) is 0 Å².